The van der Waals surface area contributed by atoms with E-state index in [9.17, 15) is 29.2 Å². The van der Waals surface area contributed by atoms with E-state index in [2.05, 4.69) is 26.6 Å². The van der Waals surface area contributed by atoms with Gasteiger partial charge in [0.05, 0.1) is 64.5 Å². The molecule has 18 heteroatoms. The zero-order valence-corrected chi connectivity index (χ0v) is 34.5. The summed E-state index contributed by atoms with van der Waals surface area (Å²) in [5.41, 5.74) is 2.29. The van der Waals surface area contributed by atoms with Crippen LogP contribution >= 0.6 is 35.0 Å². The first-order valence-electron chi connectivity index (χ1n) is 18.8. The van der Waals surface area contributed by atoms with Crippen molar-refractivity contribution in [1.29, 1.82) is 5.26 Å². The van der Waals surface area contributed by atoms with Crippen molar-refractivity contribution in [3.05, 3.63) is 75.4 Å². The van der Waals surface area contributed by atoms with E-state index in [0.717, 1.165) is 17.9 Å². The van der Waals surface area contributed by atoms with Crippen molar-refractivity contribution >= 4 is 86.8 Å². The molecule has 1 aromatic heterocycles. The molecule has 2 fully saturated rings. The lowest BCUT2D eigenvalue weighted by Gasteiger charge is -2.34. The Kier molecular flexibility index (Phi) is 12.8. The summed E-state index contributed by atoms with van der Waals surface area (Å²) in [7, 11) is 3.04. The van der Waals surface area contributed by atoms with Gasteiger partial charge in [0.1, 0.15) is 17.9 Å². The van der Waals surface area contributed by atoms with E-state index < -0.39 is 29.7 Å². The van der Waals surface area contributed by atoms with Crippen LogP contribution in [0.2, 0.25) is 10.0 Å². The van der Waals surface area contributed by atoms with Crippen LogP contribution in [0.25, 0.3) is 10.9 Å². The number of rotatable bonds is 14. The lowest BCUT2D eigenvalue weighted by atomic mass is 10.0. The van der Waals surface area contributed by atoms with Gasteiger partial charge in [0.2, 0.25) is 17.7 Å². The summed E-state index contributed by atoms with van der Waals surface area (Å²) in [4.78, 5) is 73.9. The predicted octanol–water partition coefficient (Wildman–Crippen LogP) is 5.67. The number of imide groups is 2. The summed E-state index contributed by atoms with van der Waals surface area (Å²) in [6, 6.07) is 12.9. The van der Waals surface area contributed by atoms with Gasteiger partial charge < -0.3 is 24.4 Å². The third-order valence-electron chi connectivity index (χ3n) is 10.4. The van der Waals surface area contributed by atoms with Crippen molar-refractivity contribution < 1.29 is 38.2 Å². The molecule has 3 aliphatic rings. The Bertz CT molecular complexity index is 2400. The van der Waals surface area contributed by atoms with E-state index in [0.29, 0.717) is 98.6 Å². The number of hydrogen-bond donors (Lipinski definition) is 2. The minimum atomic E-state index is -1.04. The second-order valence-electron chi connectivity index (χ2n) is 13.9. The molecule has 3 aliphatic heterocycles. The summed E-state index contributed by atoms with van der Waals surface area (Å²) < 4.78 is 17.2. The van der Waals surface area contributed by atoms with E-state index >= 15 is 0 Å². The highest BCUT2D eigenvalue weighted by Crippen LogP contribution is 2.41. The maximum absolute atomic E-state index is 13.4. The molecule has 0 spiro atoms. The van der Waals surface area contributed by atoms with Crippen LogP contribution in [-0.4, -0.2) is 115 Å². The number of nitriles is 1. The van der Waals surface area contributed by atoms with Crippen LogP contribution in [0.1, 0.15) is 52.0 Å². The van der Waals surface area contributed by atoms with Gasteiger partial charge in [-0.25, -0.2) is 0 Å². The molecule has 306 valence electrons. The number of carbonyl (C=O) groups is 5. The standard InChI is InChI=1S/C41H39Cl2N7O8S/c1-56-31-20-29(26(42)18-27(31)43)46-38-23(21-44)22-45-28-19-33(32(57-2)17-25(28)38)58-15-4-10-48-11-13-49(14-12-48)36(52)9-16-59-34-6-3-5-24-37(34)41(55)50(40(24)54)30-7-8-35(51)47-39(30)53/h3,5-6,17-20,22,30H,4,7-16H2,1-2H3,(H,45,46)(H,47,51,53). The van der Waals surface area contributed by atoms with Crippen LogP contribution in [0.4, 0.5) is 11.4 Å². The highest BCUT2D eigenvalue weighted by Gasteiger charge is 2.45. The molecule has 3 aromatic carbocycles. The molecular weight excluding hydrogens is 821 g/mol. The molecule has 4 aromatic rings. The minimum absolute atomic E-state index is 0.00822. The summed E-state index contributed by atoms with van der Waals surface area (Å²) in [5.74, 6) is -0.409. The van der Waals surface area contributed by atoms with E-state index in [4.69, 9.17) is 37.4 Å². The maximum atomic E-state index is 13.4. The van der Waals surface area contributed by atoms with Gasteiger partial charge in [-0.15, -0.1) is 11.8 Å². The Morgan fingerprint density at radius 2 is 1.78 bits per heavy atom. The fourth-order valence-corrected chi connectivity index (χ4v) is 8.83. The number of nitrogens with zero attached hydrogens (tertiary/aromatic N) is 5. The first-order chi connectivity index (χ1) is 28.5. The van der Waals surface area contributed by atoms with Gasteiger partial charge in [-0.2, -0.15) is 5.26 Å². The van der Waals surface area contributed by atoms with Crippen LogP contribution in [0.5, 0.6) is 17.2 Å². The molecule has 1 unspecified atom stereocenters. The lowest BCUT2D eigenvalue weighted by molar-refractivity contribution is -0.136. The Morgan fingerprint density at radius 3 is 2.51 bits per heavy atom. The summed E-state index contributed by atoms with van der Waals surface area (Å²) >= 11 is 14.0. The predicted molar refractivity (Wildman–Crippen MR) is 221 cm³/mol. The molecule has 15 nitrogen and oxygen atoms in total. The quantitative estimate of drug-likeness (QED) is 0.0900. The first kappa shape index (κ1) is 41.6. The van der Waals surface area contributed by atoms with Crippen molar-refractivity contribution in [1.82, 2.24) is 25.0 Å². The number of halogens is 2. The molecule has 7 rings (SSSR count). The van der Waals surface area contributed by atoms with Crippen molar-refractivity contribution in [3.63, 3.8) is 0 Å². The Morgan fingerprint density at radius 1 is 1.00 bits per heavy atom. The number of thioether (sulfide) groups is 1. The maximum Gasteiger partial charge on any atom is 0.263 e. The van der Waals surface area contributed by atoms with Gasteiger partial charge >= 0.3 is 0 Å². The largest absolute Gasteiger partial charge is 0.495 e. The SMILES string of the molecule is COc1cc(Nc2c(C#N)cnc3cc(OCCCN4CCN(C(=O)CCSc5cccc6c5C(=O)N(C5CCC(=O)NC5=O)C6=O)CC4)c(OC)cc23)c(Cl)cc1Cl. The normalized spacial score (nSPS) is 16.8. The average Bonchev–Trinajstić information content (AvgIpc) is 3.49. The van der Waals surface area contributed by atoms with Crippen molar-refractivity contribution in [2.24, 2.45) is 0 Å². The smallest absolute Gasteiger partial charge is 0.263 e. The zero-order chi connectivity index (χ0) is 41.8. The summed E-state index contributed by atoms with van der Waals surface area (Å²) in [6.45, 7) is 3.75. The molecule has 0 radical (unpaired) electrons. The number of carbonyl (C=O) groups excluding carboxylic acids is 5. The highest BCUT2D eigenvalue weighted by molar-refractivity contribution is 7.99. The van der Waals surface area contributed by atoms with E-state index in [1.54, 1.807) is 49.6 Å². The molecular formula is C41H39Cl2N7O8S. The Hall–Kier alpha value is -5.60. The Labute approximate surface area is 353 Å². The summed E-state index contributed by atoms with van der Waals surface area (Å²) in [6.07, 6.45) is 2.58. The fourth-order valence-electron chi connectivity index (χ4n) is 7.31. The number of amides is 5. The van der Waals surface area contributed by atoms with Gasteiger partial charge in [-0.1, -0.05) is 29.3 Å². The number of hydrogen-bond acceptors (Lipinski definition) is 13. The van der Waals surface area contributed by atoms with Gasteiger partial charge in [-0.05, 0) is 37.1 Å². The molecule has 0 aliphatic carbocycles. The highest BCUT2D eigenvalue weighted by atomic mass is 35.5. The number of aromatic nitrogens is 1. The van der Waals surface area contributed by atoms with Crippen LogP contribution in [-0.2, 0) is 14.4 Å². The van der Waals surface area contributed by atoms with Gasteiger partial charge in [0.15, 0.2) is 11.5 Å². The van der Waals surface area contributed by atoms with Gasteiger partial charge in [-0.3, -0.25) is 44.1 Å². The molecule has 4 heterocycles. The number of anilines is 2. The average molecular weight is 861 g/mol. The number of nitrogens with one attached hydrogen (secondary N) is 2. The second-order valence-corrected chi connectivity index (χ2v) is 15.9. The van der Waals surface area contributed by atoms with Crippen LogP contribution in [0.3, 0.4) is 0 Å². The fraction of sp³-hybridized carbons (Fsp3) is 0.341. The number of fused-ring (bicyclic) bond motifs is 2. The summed E-state index contributed by atoms with van der Waals surface area (Å²) in [5, 5.41) is 16.7. The van der Waals surface area contributed by atoms with Crippen LogP contribution in [0.15, 0.2) is 53.6 Å². The number of piperidine rings is 1. The molecule has 0 saturated carbocycles. The monoisotopic (exact) mass is 859 g/mol. The second kappa shape index (κ2) is 18.1. The van der Waals surface area contributed by atoms with Gasteiger partial charge in [0, 0.05) is 79.9 Å². The van der Waals surface area contributed by atoms with E-state index in [1.165, 1.54) is 25.1 Å². The minimum Gasteiger partial charge on any atom is -0.495 e. The molecule has 5 amide bonds. The van der Waals surface area contributed by atoms with Crippen LogP contribution < -0.4 is 24.8 Å². The molecule has 2 N–H and O–H groups in total. The van der Waals surface area contributed by atoms with Crippen molar-refractivity contribution in [2.75, 3.05) is 64.6 Å². The number of pyridine rings is 1. The molecule has 2 saturated heterocycles. The van der Waals surface area contributed by atoms with E-state index in [1.807, 2.05) is 4.90 Å². The Balaban J connectivity index is 0.885. The zero-order valence-electron chi connectivity index (χ0n) is 32.1. The number of piperazine rings is 1. The molecule has 0 bridgehead atoms. The third-order valence-corrected chi connectivity index (χ3v) is 12.0. The molecule has 59 heavy (non-hydrogen) atoms. The van der Waals surface area contributed by atoms with Crippen molar-refractivity contribution in [3.8, 4) is 23.3 Å². The topological polar surface area (TPSA) is 183 Å². The molecule has 1 atom stereocenters. The van der Waals surface area contributed by atoms with Crippen molar-refractivity contribution in [2.45, 2.75) is 36.6 Å². The third kappa shape index (κ3) is 8.74. The number of methoxy groups -OCH3 is 2. The number of benzene rings is 3. The van der Waals surface area contributed by atoms with Crippen LogP contribution in [0, 0.1) is 11.3 Å². The van der Waals surface area contributed by atoms with E-state index in [-0.39, 0.29) is 36.3 Å². The first-order valence-corrected chi connectivity index (χ1v) is 20.6. The van der Waals surface area contributed by atoms with Gasteiger partial charge in [0.25, 0.3) is 11.8 Å². The lowest BCUT2D eigenvalue weighted by Crippen LogP contribution is -2.54. The number of ether oxygens (including phenoxy) is 3.